The smallest absolute Gasteiger partial charge is 0.383 e. The van der Waals surface area contributed by atoms with Crippen LogP contribution in [-0.4, -0.2) is 51.3 Å². The SMILES string of the molecule is CNC(=O)c1cc(-c2cnn(CCOC)c2)ccc1Nc1nc(Nc2ccc(CO[PH](=O)O)cc2)ncc1C(F)(F)F. The molecule has 0 fully saturated rings. The third kappa shape index (κ3) is 7.91. The van der Waals surface area contributed by atoms with Crippen LogP contribution in [0.4, 0.5) is 36.3 Å². The fourth-order valence-corrected chi connectivity index (χ4v) is 4.10. The third-order valence-corrected chi connectivity index (χ3v) is 6.29. The monoisotopic (exact) mass is 605 g/mol. The normalized spacial score (nSPS) is 12.1. The molecular weight excluding hydrogens is 578 g/mol. The zero-order valence-corrected chi connectivity index (χ0v) is 23.4. The first kappa shape index (κ1) is 30.7. The predicted molar refractivity (Wildman–Crippen MR) is 149 cm³/mol. The molecule has 42 heavy (non-hydrogen) atoms. The molecule has 2 aromatic carbocycles. The summed E-state index contributed by atoms with van der Waals surface area (Å²) in [6.45, 7) is 0.898. The van der Waals surface area contributed by atoms with Gasteiger partial charge in [0.2, 0.25) is 5.95 Å². The number of hydrogen-bond acceptors (Lipinski definition) is 9. The van der Waals surface area contributed by atoms with E-state index in [4.69, 9.17) is 14.2 Å². The number of amides is 1. The van der Waals surface area contributed by atoms with Gasteiger partial charge in [-0.1, -0.05) is 18.2 Å². The van der Waals surface area contributed by atoms with Crippen molar-refractivity contribution in [1.29, 1.82) is 0 Å². The standard InChI is InChI=1S/C26H27F3N7O5P/c1-30-24(37)20-11-17(18-12-32-36(14-18)9-10-40-2)5-8-22(20)34-23-21(26(27,28)29)13-31-25(35-23)33-19-6-3-16(4-7-19)15-41-42(38)39/h3-8,11-14,42H,9-10,15H2,1-2H3,(H,30,37)(H,38,39)(H2,31,33,34,35). The number of methoxy groups -OCH3 is 1. The molecule has 222 valence electrons. The maximum absolute atomic E-state index is 13.9. The largest absolute Gasteiger partial charge is 0.421 e. The van der Waals surface area contributed by atoms with Crippen LogP contribution in [0.1, 0.15) is 21.5 Å². The van der Waals surface area contributed by atoms with E-state index in [0.717, 1.165) is 0 Å². The number of nitrogens with zero attached hydrogens (tertiary/aromatic N) is 4. The van der Waals surface area contributed by atoms with E-state index in [-0.39, 0.29) is 23.8 Å². The molecule has 0 radical (unpaired) electrons. The molecule has 4 N–H and O–H groups in total. The second-order valence-corrected chi connectivity index (χ2v) is 9.60. The summed E-state index contributed by atoms with van der Waals surface area (Å²) < 4.78 is 63.9. The molecule has 0 aliphatic rings. The van der Waals surface area contributed by atoms with Gasteiger partial charge in [0.25, 0.3) is 5.91 Å². The summed E-state index contributed by atoms with van der Waals surface area (Å²) in [6, 6.07) is 11.1. The van der Waals surface area contributed by atoms with Crippen LogP contribution in [-0.2, 0) is 33.2 Å². The van der Waals surface area contributed by atoms with Gasteiger partial charge in [-0.3, -0.25) is 14.0 Å². The Morgan fingerprint density at radius 1 is 1.10 bits per heavy atom. The van der Waals surface area contributed by atoms with Crippen LogP contribution in [0.2, 0.25) is 0 Å². The summed E-state index contributed by atoms with van der Waals surface area (Å²) in [6.07, 6.45) is -0.765. The second kappa shape index (κ2) is 13.6. The summed E-state index contributed by atoms with van der Waals surface area (Å²) in [5.74, 6) is -1.23. The molecule has 16 heteroatoms. The van der Waals surface area contributed by atoms with Gasteiger partial charge in [-0.2, -0.15) is 23.3 Å². The van der Waals surface area contributed by atoms with Gasteiger partial charge in [0.1, 0.15) is 11.4 Å². The molecule has 1 unspecified atom stereocenters. The van der Waals surface area contributed by atoms with Crippen molar-refractivity contribution >= 4 is 37.3 Å². The van der Waals surface area contributed by atoms with Crippen LogP contribution in [0, 0.1) is 0 Å². The molecule has 0 saturated heterocycles. The lowest BCUT2D eigenvalue weighted by atomic mass is 10.0. The molecule has 0 saturated carbocycles. The highest BCUT2D eigenvalue weighted by Crippen LogP contribution is 2.36. The van der Waals surface area contributed by atoms with E-state index in [1.165, 1.54) is 13.1 Å². The molecule has 1 amide bonds. The summed E-state index contributed by atoms with van der Waals surface area (Å²) in [4.78, 5) is 29.4. The summed E-state index contributed by atoms with van der Waals surface area (Å²) in [5.41, 5.74) is 1.43. The average molecular weight is 606 g/mol. The topological polar surface area (TPSA) is 153 Å². The first-order chi connectivity index (χ1) is 20.1. The summed E-state index contributed by atoms with van der Waals surface area (Å²) in [7, 11) is -0.0923. The van der Waals surface area contributed by atoms with Crippen LogP contribution in [0.3, 0.4) is 0 Å². The van der Waals surface area contributed by atoms with Crippen LogP contribution in [0.5, 0.6) is 0 Å². The number of carbonyl (C=O) groups is 1. The molecule has 0 aliphatic heterocycles. The van der Waals surface area contributed by atoms with E-state index in [1.54, 1.807) is 60.6 Å². The number of hydrogen-bond donors (Lipinski definition) is 4. The third-order valence-electron chi connectivity index (χ3n) is 5.90. The van der Waals surface area contributed by atoms with E-state index < -0.39 is 31.7 Å². The lowest BCUT2D eigenvalue weighted by Gasteiger charge is -2.17. The minimum absolute atomic E-state index is 0.0813. The van der Waals surface area contributed by atoms with Crippen molar-refractivity contribution in [1.82, 2.24) is 25.1 Å². The van der Waals surface area contributed by atoms with Gasteiger partial charge in [-0.05, 0) is 35.4 Å². The Hall–Kier alpha value is -4.30. The molecule has 0 spiro atoms. The van der Waals surface area contributed by atoms with Gasteiger partial charge < -0.3 is 30.1 Å². The highest BCUT2D eigenvalue weighted by Gasteiger charge is 2.35. The number of halogens is 3. The van der Waals surface area contributed by atoms with Crippen LogP contribution in [0.25, 0.3) is 11.1 Å². The van der Waals surface area contributed by atoms with Crippen molar-refractivity contribution in [3.05, 3.63) is 77.7 Å². The van der Waals surface area contributed by atoms with Gasteiger partial charge in [-0.15, -0.1) is 0 Å². The second-order valence-electron chi connectivity index (χ2n) is 8.78. The average Bonchev–Trinajstić information content (AvgIpc) is 3.44. The maximum Gasteiger partial charge on any atom is 0.421 e. The Kier molecular flexibility index (Phi) is 9.91. The number of rotatable bonds is 12. The fraction of sp³-hybridized carbons (Fsp3) is 0.231. The highest BCUT2D eigenvalue weighted by atomic mass is 31.1. The highest BCUT2D eigenvalue weighted by molar-refractivity contribution is 7.32. The van der Waals surface area contributed by atoms with E-state index in [2.05, 4.69) is 31.0 Å². The van der Waals surface area contributed by atoms with E-state index in [9.17, 15) is 22.5 Å². The first-order valence-electron chi connectivity index (χ1n) is 12.4. The van der Waals surface area contributed by atoms with Crippen molar-refractivity contribution in [2.45, 2.75) is 19.3 Å². The molecule has 0 bridgehead atoms. The van der Waals surface area contributed by atoms with Gasteiger partial charge >= 0.3 is 14.4 Å². The van der Waals surface area contributed by atoms with Crippen molar-refractivity contribution < 1.29 is 36.7 Å². The van der Waals surface area contributed by atoms with Crippen LogP contribution >= 0.6 is 8.25 Å². The minimum atomic E-state index is -4.79. The lowest BCUT2D eigenvalue weighted by Crippen LogP contribution is -2.20. The first-order valence-corrected chi connectivity index (χ1v) is 13.6. The summed E-state index contributed by atoms with van der Waals surface area (Å²) >= 11 is 0. The van der Waals surface area contributed by atoms with Gasteiger partial charge in [0.15, 0.2) is 0 Å². The molecule has 1 atom stereocenters. The molecule has 2 aromatic heterocycles. The van der Waals surface area contributed by atoms with Gasteiger partial charge in [0.05, 0.1) is 37.2 Å². The molecule has 4 rings (SSSR count). The van der Waals surface area contributed by atoms with Gasteiger partial charge in [-0.25, -0.2) is 4.98 Å². The van der Waals surface area contributed by atoms with Crippen molar-refractivity contribution in [2.24, 2.45) is 0 Å². The van der Waals surface area contributed by atoms with Crippen LogP contribution < -0.4 is 16.0 Å². The minimum Gasteiger partial charge on any atom is -0.383 e. The molecule has 12 nitrogen and oxygen atoms in total. The van der Waals surface area contributed by atoms with E-state index in [0.29, 0.717) is 41.7 Å². The van der Waals surface area contributed by atoms with E-state index >= 15 is 0 Å². The quantitative estimate of drug-likeness (QED) is 0.167. The Bertz CT molecular complexity index is 1560. The zero-order valence-electron chi connectivity index (χ0n) is 22.4. The number of carbonyl (C=O) groups excluding carboxylic acids is 1. The van der Waals surface area contributed by atoms with Crippen molar-refractivity contribution in [3.63, 3.8) is 0 Å². The Morgan fingerprint density at radius 3 is 2.52 bits per heavy atom. The van der Waals surface area contributed by atoms with Crippen molar-refractivity contribution in [3.8, 4) is 11.1 Å². The number of ether oxygens (including phenoxy) is 1. The Balaban J connectivity index is 1.63. The molecule has 4 aromatic rings. The maximum atomic E-state index is 13.9. The number of alkyl halides is 3. The number of aromatic nitrogens is 4. The fourth-order valence-electron chi connectivity index (χ4n) is 3.81. The number of anilines is 4. The summed E-state index contributed by atoms with van der Waals surface area (Å²) in [5, 5.41) is 12.3. The van der Waals surface area contributed by atoms with Crippen LogP contribution in [0.15, 0.2) is 61.1 Å². The number of benzene rings is 2. The Morgan fingerprint density at radius 2 is 1.86 bits per heavy atom. The van der Waals surface area contributed by atoms with E-state index in [1.807, 2.05) is 0 Å². The van der Waals surface area contributed by atoms with Crippen molar-refractivity contribution in [2.75, 3.05) is 31.4 Å². The predicted octanol–water partition coefficient (Wildman–Crippen LogP) is 4.75. The zero-order chi connectivity index (χ0) is 30.3. The molecule has 2 heterocycles. The lowest BCUT2D eigenvalue weighted by molar-refractivity contribution is -0.137. The number of nitrogens with one attached hydrogen (secondary N) is 3. The van der Waals surface area contributed by atoms with Gasteiger partial charge in [0, 0.05) is 37.8 Å². The Labute approximate surface area is 238 Å². The molecule has 0 aliphatic carbocycles. The molecular formula is C26H27F3N7O5P.